The minimum absolute atomic E-state index is 0.205. The van der Waals surface area contributed by atoms with Gasteiger partial charge in [0, 0.05) is 11.1 Å². The number of ether oxygens (including phenoxy) is 2. The highest BCUT2D eigenvalue weighted by atomic mass is 16.7. The Labute approximate surface area is 151 Å². The van der Waals surface area contributed by atoms with Crippen molar-refractivity contribution in [3.8, 4) is 40.0 Å². The highest BCUT2D eigenvalue weighted by molar-refractivity contribution is 5.81. The molecule has 4 rings (SSSR count). The Morgan fingerprint density at radius 1 is 1.00 bits per heavy atom. The monoisotopic (exact) mass is 343 g/mol. The summed E-state index contributed by atoms with van der Waals surface area (Å²) in [6.07, 6.45) is 0. The molecule has 2 N–H and O–H groups in total. The van der Waals surface area contributed by atoms with Gasteiger partial charge in [0.25, 0.3) is 0 Å². The second-order valence-electron chi connectivity index (χ2n) is 6.31. The maximum absolute atomic E-state index is 9.58. The van der Waals surface area contributed by atoms with Crippen molar-refractivity contribution in [1.29, 1.82) is 5.26 Å². The van der Waals surface area contributed by atoms with E-state index in [0.29, 0.717) is 17.1 Å². The van der Waals surface area contributed by atoms with Gasteiger partial charge in [0.15, 0.2) is 11.5 Å². The molecule has 3 aromatic rings. The van der Waals surface area contributed by atoms with Crippen molar-refractivity contribution in [1.82, 2.24) is 4.98 Å². The number of anilines is 1. The van der Waals surface area contributed by atoms with Crippen molar-refractivity contribution in [2.24, 2.45) is 0 Å². The van der Waals surface area contributed by atoms with Crippen LogP contribution in [0.2, 0.25) is 0 Å². The Balaban J connectivity index is 1.91. The molecule has 0 spiro atoms. The molecule has 0 atom stereocenters. The molecule has 2 heterocycles. The smallest absolute Gasteiger partial charge is 0.231 e. The molecule has 1 aliphatic heterocycles. The number of rotatable bonds is 2. The zero-order chi connectivity index (χ0) is 18.3. The van der Waals surface area contributed by atoms with Crippen LogP contribution in [0.25, 0.3) is 22.4 Å². The van der Waals surface area contributed by atoms with Crippen LogP contribution in [0.3, 0.4) is 0 Å². The van der Waals surface area contributed by atoms with E-state index in [9.17, 15) is 5.26 Å². The number of nitrogens with zero attached hydrogens (tertiary/aromatic N) is 2. The van der Waals surface area contributed by atoms with E-state index >= 15 is 0 Å². The van der Waals surface area contributed by atoms with Crippen LogP contribution < -0.4 is 15.2 Å². The molecule has 0 amide bonds. The van der Waals surface area contributed by atoms with Crippen LogP contribution in [-0.4, -0.2) is 11.8 Å². The summed E-state index contributed by atoms with van der Waals surface area (Å²) in [5.74, 6) is 1.58. The van der Waals surface area contributed by atoms with Crippen molar-refractivity contribution in [2.45, 2.75) is 13.8 Å². The number of benzene rings is 2. The van der Waals surface area contributed by atoms with Crippen molar-refractivity contribution < 1.29 is 9.47 Å². The van der Waals surface area contributed by atoms with Crippen LogP contribution in [0.4, 0.5) is 5.82 Å². The Hall–Kier alpha value is -3.52. The molecular weight excluding hydrogens is 326 g/mol. The van der Waals surface area contributed by atoms with E-state index in [2.05, 4.69) is 24.0 Å². The summed E-state index contributed by atoms with van der Waals surface area (Å²) in [7, 11) is 0. The van der Waals surface area contributed by atoms with E-state index in [1.165, 1.54) is 5.56 Å². The molecule has 5 heteroatoms. The quantitative estimate of drug-likeness (QED) is 0.753. The standard InChI is InChI=1S/C21H17N3O2/c1-12-3-5-15(13(2)7-12)18-9-16(17(10-22)21(23)24-18)14-4-6-19-20(8-14)26-11-25-19/h3-9H,11H2,1-2H3,(H2,23,24). The van der Waals surface area contributed by atoms with Gasteiger partial charge in [-0.15, -0.1) is 0 Å². The molecule has 0 fully saturated rings. The number of hydrogen-bond acceptors (Lipinski definition) is 5. The first kappa shape index (κ1) is 16.0. The predicted molar refractivity (Wildman–Crippen MR) is 99.8 cm³/mol. The lowest BCUT2D eigenvalue weighted by molar-refractivity contribution is 0.174. The fraction of sp³-hybridized carbons (Fsp3) is 0.143. The molecule has 26 heavy (non-hydrogen) atoms. The number of aryl methyl sites for hydroxylation is 2. The SMILES string of the molecule is Cc1ccc(-c2cc(-c3ccc4c(c3)OCO4)c(C#N)c(N)n2)c(C)c1. The van der Waals surface area contributed by atoms with Gasteiger partial charge in [-0.25, -0.2) is 4.98 Å². The summed E-state index contributed by atoms with van der Waals surface area (Å²) in [4.78, 5) is 4.46. The molecule has 0 unspecified atom stereocenters. The lowest BCUT2D eigenvalue weighted by Gasteiger charge is -2.12. The Bertz CT molecular complexity index is 1070. The predicted octanol–water partition coefficient (Wildman–Crippen LogP) is 4.22. The zero-order valence-corrected chi connectivity index (χ0v) is 14.5. The molecule has 0 saturated heterocycles. The van der Waals surface area contributed by atoms with Crippen LogP contribution >= 0.6 is 0 Å². The average molecular weight is 343 g/mol. The van der Waals surface area contributed by atoms with Crippen LogP contribution in [0.15, 0.2) is 42.5 Å². The summed E-state index contributed by atoms with van der Waals surface area (Å²) in [6.45, 7) is 4.30. The second kappa shape index (κ2) is 6.08. The number of nitriles is 1. The summed E-state index contributed by atoms with van der Waals surface area (Å²) < 4.78 is 10.8. The lowest BCUT2D eigenvalue weighted by Crippen LogP contribution is -2.00. The van der Waals surface area contributed by atoms with Crippen molar-refractivity contribution in [3.05, 3.63) is 59.2 Å². The van der Waals surface area contributed by atoms with Crippen LogP contribution in [0.1, 0.15) is 16.7 Å². The Morgan fingerprint density at radius 3 is 2.58 bits per heavy atom. The van der Waals surface area contributed by atoms with Crippen LogP contribution in [0.5, 0.6) is 11.5 Å². The number of nitrogen functional groups attached to an aromatic ring is 1. The van der Waals surface area contributed by atoms with E-state index in [-0.39, 0.29) is 12.6 Å². The Kier molecular flexibility index (Phi) is 3.74. The minimum atomic E-state index is 0.205. The number of aromatic nitrogens is 1. The first-order valence-electron chi connectivity index (χ1n) is 8.25. The van der Waals surface area contributed by atoms with Gasteiger partial charge in [-0.2, -0.15) is 5.26 Å². The number of fused-ring (bicyclic) bond motifs is 1. The highest BCUT2D eigenvalue weighted by Gasteiger charge is 2.18. The van der Waals surface area contributed by atoms with Gasteiger partial charge >= 0.3 is 0 Å². The number of pyridine rings is 1. The number of nitrogens with two attached hydrogens (primary N) is 1. The molecule has 0 bridgehead atoms. The molecule has 128 valence electrons. The zero-order valence-electron chi connectivity index (χ0n) is 14.5. The molecule has 0 radical (unpaired) electrons. The van der Waals surface area contributed by atoms with E-state index in [0.717, 1.165) is 27.9 Å². The average Bonchev–Trinajstić information content (AvgIpc) is 3.08. The Morgan fingerprint density at radius 2 is 1.81 bits per heavy atom. The molecule has 1 aromatic heterocycles. The van der Waals surface area contributed by atoms with Gasteiger partial charge in [-0.05, 0) is 43.2 Å². The molecular formula is C21H17N3O2. The fourth-order valence-electron chi connectivity index (χ4n) is 3.21. The molecule has 1 aliphatic rings. The fourth-order valence-corrected chi connectivity index (χ4v) is 3.21. The first-order valence-corrected chi connectivity index (χ1v) is 8.25. The molecule has 0 aliphatic carbocycles. The van der Waals surface area contributed by atoms with Crippen molar-refractivity contribution in [2.75, 3.05) is 12.5 Å². The van der Waals surface area contributed by atoms with Crippen molar-refractivity contribution >= 4 is 5.82 Å². The normalized spacial score (nSPS) is 12.0. The van der Waals surface area contributed by atoms with E-state index < -0.39 is 0 Å². The molecule has 0 saturated carbocycles. The van der Waals surface area contributed by atoms with E-state index in [1.54, 1.807) is 0 Å². The molecule has 2 aromatic carbocycles. The third-order valence-electron chi connectivity index (χ3n) is 4.50. The first-order chi connectivity index (χ1) is 12.6. The largest absolute Gasteiger partial charge is 0.454 e. The third kappa shape index (κ3) is 2.62. The lowest BCUT2D eigenvalue weighted by atomic mass is 9.96. The van der Waals surface area contributed by atoms with E-state index in [1.807, 2.05) is 43.3 Å². The minimum Gasteiger partial charge on any atom is -0.454 e. The molecule has 5 nitrogen and oxygen atoms in total. The van der Waals surface area contributed by atoms with Gasteiger partial charge in [0.05, 0.1) is 5.69 Å². The topological polar surface area (TPSA) is 81.2 Å². The number of hydrogen-bond donors (Lipinski definition) is 1. The summed E-state index contributed by atoms with van der Waals surface area (Å²) in [5.41, 5.74) is 12.1. The maximum Gasteiger partial charge on any atom is 0.231 e. The van der Waals surface area contributed by atoms with Crippen LogP contribution in [-0.2, 0) is 0 Å². The van der Waals surface area contributed by atoms with Gasteiger partial charge < -0.3 is 15.2 Å². The summed E-state index contributed by atoms with van der Waals surface area (Å²) in [6, 6.07) is 15.9. The second-order valence-corrected chi connectivity index (χ2v) is 6.31. The maximum atomic E-state index is 9.58. The van der Waals surface area contributed by atoms with Crippen LogP contribution in [0, 0.1) is 25.2 Å². The van der Waals surface area contributed by atoms with Gasteiger partial charge in [-0.1, -0.05) is 29.8 Å². The van der Waals surface area contributed by atoms with E-state index in [4.69, 9.17) is 15.2 Å². The highest BCUT2D eigenvalue weighted by Crippen LogP contribution is 2.38. The summed E-state index contributed by atoms with van der Waals surface area (Å²) in [5, 5.41) is 9.58. The summed E-state index contributed by atoms with van der Waals surface area (Å²) >= 11 is 0. The third-order valence-corrected chi connectivity index (χ3v) is 4.50. The van der Waals surface area contributed by atoms with Crippen molar-refractivity contribution in [3.63, 3.8) is 0 Å². The van der Waals surface area contributed by atoms with Gasteiger partial charge in [0.1, 0.15) is 17.5 Å². The van der Waals surface area contributed by atoms with Gasteiger partial charge in [-0.3, -0.25) is 0 Å². The van der Waals surface area contributed by atoms with Gasteiger partial charge in [0.2, 0.25) is 6.79 Å².